The van der Waals surface area contributed by atoms with E-state index in [0.29, 0.717) is 5.92 Å². The summed E-state index contributed by atoms with van der Waals surface area (Å²) in [7, 11) is 0. The molecule has 2 heterocycles. The Balaban J connectivity index is 1.61. The van der Waals surface area contributed by atoms with E-state index < -0.39 is 17.4 Å². The van der Waals surface area contributed by atoms with Crippen LogP contribution < -0.4 is 5.73 Å². The number of pyridine rings is 2. The number of nitrogens with zero attached hydrogens (tertiary/aromatic N) is 2. The Morgan fingerprint density at radius 2 is 1.91 bits per heavy atom. The summed E-state index contributed by atoms with van der Waals surface area (Å²) >= 11 is 0. The van der Waals surface area contributed by atoms with E-state index in [-0.39, 0.29) is 41.1 Å². The number of rotatable bonds is 5. The van der Waals surface area contributed by atoms with E-state index in [0.717, 1.165) is 42.5 Å². The van der Waals surface area contributed by atoms with Crippen LogP contribution in [0.1, 0.15) is 53.7 Å². The zero-order valence-corrected chi connectivity index (χ0v) is 17.8. The van der Waals surface area contributed by atoms with Crippen LogP contribution in [-0.4, -0.2) is 26.9 Å². The van der Waals surface area contributed by atoms with Gasteiger partial charge in [-0.3, -0.25) is 9.78 Å². The van der Waals surface area contributed by atoms with Crippen molar-refractivity contribution in [3.8, 4) is 17.0 Å². The van der Waals surface area contributed by atoms with Crippen LogP contribution in [0.4, 0.5) is 8.78 Å². The zero-order chi connectivity index (χ0) is 22.8. The molecule has 1 aromatic carbocycles. The van der Waals surface area contributed by atoms with E-state index in [1.165, 1.54) is 18.2 Å². The second kappa shape index (κ2) is 9.12. The Labute approximate surface area is 185 Å². The molecule has 1 fully saturated rings. The number of carbonyl (C=O) groups is 1. The van der Waals surface area contributed by atoms with Crippen LogP contribution in [0.5, 0.6) is 5.75 Å². The lowest BCUT2D eigenvalue weighted by Gasteiger charge is -2.32. The lowest BCUT2D eigenvalue weighted by atomic mass is 9.75. The number of aromatic hydroxyl groups is 1. The third kappa shape index (κ3) is 4.67. The summed E-state index contributed by atoms with van der Waals surface area (Å²) in [4.78, 5) is 21.4. The van der Waals surface area contributed by atoms with Crippen LogP contribution in [0.2, 0.25) is 0 Å². The monoisotopic (exact) mass is 437 g/mol. The molecule has 2 aromatic heterocycles. The Morgan fingerprint density at radius 1 is 1.16 bits per heavy atom. The highest BCUT2D eigenvalue weighted by Gasteiger charge is 2.27. The van der Waals surface area contributed by atoms with Gasteiger partial charge in [0, 0.05) is 37.0 Å². The molecule has 0 aliphatic heterocycles. The summed E-state index contributed by atoms with van der Waals surface area (Å²) in [5.74, 6) is -1.91. The maximum absolute atomic E-state index is 14.3. The predicted molar refractivity (Wildman–Crippen MR) is 117 cm³/mol. The Morgan fingerprint density at radius 3 is 2.62 bits per heavy atom. The lowest BCUT2D eigenvalue weighted by Crippen LogP contribution is -2.31. The molecule has 32 heavy (non-hydrogen) atoms. The van der Waals surface area contributed by atoms with Gasteiger partial charge < -0.3 is 10.8 Å². The summed E-state index contributed by atoms with van der Waals surface area (Å²) < 4.78 is 28.5. The van der Waals surface area contributed by atoms with Crippen LogP contribution >= 0.6 is 0 Å². The van der Waals surface area contributed by atoms with Crippen LogP contribution in [0.3, 0.4) is 0 Å². The first-order chi connectivity index (χ1) is 15.3. The average molecular weight is 437 g/mol. The van der Waals surface area contributed by atoms with E-state index in [1.807, 2.05) is 6.07 Å². The predicted octanol–water partition coefficient (Wildman–Crippen LogP) is 4.78. The highest BCUT2D eigenvalue weighted by atomic mass is 19.1. The number of phenols is 1. The summed E-state index contributed by atoms with van der Waals surface area (Å²) in [5, 5.41) is 9.37. The number of aromatic nitrogens is 2. The quantitative estimate of drug-likeness (QED) is 0.561. The van der Waals surface area contributed by atoms with Crippen molar-refractivity contribution in [1.82, 2.24) is 9.97 Å². The molecule has 3 atom stereocenters. The fourth-order valence-corrected chi connectivity index (χ4v) is 4.69. The number of Topliss-reactive ketones (excluding diaryl/α,β-unsaturated/α-hetero) is 1. The van der Waals surface area contributed by atoms with Crippen molar-refractivity contribution < 1.29 is 18.7 Å². The maximum atomic E-state index is 14.3. The highest BCUT2D eigenvalue weighted by Crippen LogP contribution is 2.37. The lowest BCUT2D eigenvalue weighted by molar-refractivity contribution is 0.0987. The summed E-state index contributed by atoms with van der Waals surface area (Å²) in [6.07, 6.45) is 6.37. The second-order valence-corrected chi connectivity index (χ2v) is 8.64. The number of benzene rings is 1. The molecule has 3 aromatic rings. The summed E-state index contributed by atoms with van der Waals surface area (Å²) in [6, 6.07) is 8.19. The summed E-state index contributed by atoms with van der Waals surface area (Å²) in [5.41, 5.74) is 7.84. The van der Waals surface area contributed by atoms with Crippen molar-refractivity contribution >= 4 is 5.78 Å². The van der Waals surface area contributed by atoms with E-state index in [4.69, 9.17) is 5.73 Å². The number of phenolic OH excluding ortho intramolecular Hbond substituents is 1. The van der Waals surface area contributed by atoms with Crippen LogP contribution in [0.15, 0.2) is 48.8 Å². The van der Waals surface area contributed by atoms with Crippen LogP contribution in [-0.2, 0) is 6.42 Å². The Hall–Kier alpha value is -3.19. The van der Waals surface area contributed by atoms with E-state index in [2.05, 4.69) is 16.9 Å². The van der Waals surface area contributed by atoms with Crippen molar-refractivity contribution in [3.63, 3.8) is 0 Å². The van der Waals surface area contributed by atoms with Gasteiger partial charge in [0.1, 0.15) is 23.1 Å². The minimum Gasteiger partial charge on any atom is -0.508 e. The van der Waals surface area contributed by atoms with Gasteiger partial charge in [-0.1, -0.05) is 13.0 Å². The van der Waals surface area contributed by atoms with Crippen molar-refractivity contribution in [2.24, 2.45) is 11.7 Å². The molecular formula is C25H25F2N3O2. The van der Waals surface area contributed by atoms with Crippen molar-refractivity contribution in [1.29, 1.82) is 0 Å². The third-order valence-electron chi connectivity index (χ3n) is 6.03. The van der Waals surface area contributed by atoms with Gasteiger partial charge in [-0.05, 0) is 60.4 Å². The fraction of sp³-hybridized carbons (Fsp3) is 0.320. The molecular weight excluding hydrogens is 412 g/mol. The van der Waals surface area contributed by atoms with Crippen LogP contribution in [0, 0.1) is 17.6 Å². The largest absolute Gasteiger partial charge is 0.508 e. The first kappa shape index (κ1) is 22.0. The molecule has 0 radical (unpaired) electrons. The molecule has 1 aliphatic rings. The summed E-state index contributed by atoms with van der Waals surface area (Å²) in [6.45, 7) is 2.19. The second-order valence-electron chi connectivity index (χ2n) is 8.64. The normalized spacial score (nSPS) is 20.8. The Bertz CT molecular complexity index is 1120. The number of hydrogen-bond acceptors (Lipinski definition) is 5. The first-order valence-corrected chi connectivity index (χ1v) is 10.7. The number of nitrogens with two attached hydrogens (primary N) is 1. The van der Waals surface area contributed by atoms with E-state index >= 15 is 0 Å². The number of ketones is 1. The zero-order valence-electron chi connectivity index (χ0n) is 17.8. The fourth-order valence-electron chi connectivity index (χ4n) is 4.69. The smallest absolute Gasteiger partial charge is 0.185 e. The van der Waals surface area contributed by atoms with Gasteiger partial charge in [0.05, 0.1) is 11.3 Å². The number of halogens is 2. The standard InChI is InChI=1S/C25H25F2N3O2/c1-14-7-15(9-17(28)8-14)19-5-6-29-13-16(19)10-24(32)22-3-2-4-23(30-22)25-20(26)11-18(31)12-21(25)27/h2-6,11-15,17,31H,7-10,28H2,1H3/t14-,15+,17-/m0/s1. The average Bonchev–Trinajstić information content (AvgIpc) is 2.73. The number of carbonyl (C=O) groups excluding carboxylic acids is 1. The van der Waals surface area contributed by atoms with Gasteiger partial charge in [0.25, 0.3) is 0 Å². The molecule has 5 nitrogen and oxygen atoms in total. The van der Waals surface area contributed by atoms with E-state index in [9.17, 15) is 18.7 Å². The first-order valence-electron chi connectivity index (χ1n) is 10.7. The molecule has 1 saturated carbocycles. The maximum Gasteiger partial charge on any atom is 0.185 e. The Kier molecular flexibility index (Phi) is 6.28. The molecule has 0 saturated heterocycles. The van der Waals surface area contributed by atoms with Gasteiger partial charge in [-0.15, -0.1) is 0 Å². The van der Waals surface area contributed by atoms with Gasteiger partial charge in [0.15, 0.2) is 5.78 Å². The van der Waals surface area contributed by atoms with Crippen LogP contribution in [0.25, 0.3) is 11.3 Å². The molecule has 3 N–H and O–H groups in total. The minimum absolute atomic E-state index is 0.00987. The molecule has 4 rings (SSSR count). The van der Waals surface area contributed by atoms with Crippen molar-refractivity contribution in [2.45, 2.75) is 44.6 Å². The van der Waals surface area contributed by atoms with Crippen molar-refractivity contribution in [3.05, 3.63) is 77.2 Å². The molecule has 0 amide bonds. The third-order valence-corrected chi connectivity index (χ3v) is 6.03. The molecule has 0 bridgehead atoms. The van der Waals surface area contributed by atoms with Gasteiger partial charge >= 0.3 is 0 Å². The number of hydrogen-bond donors (Lipinski definition) is 2. The molecule has 1 aliphatic carbocycles. The van der Waals surface area contributed by atoms with E-state index in [1.54, 1.807) is 12.4 Å². The molecule has 7 heteroatoms. The molecule has 0 spiro atoms. The molecule has 166 valence electrons. The van der Waals surface area contributed by atoms with Crippen molar-refractivity contribution in [2.75, 3.05) is 0 Å². The van der Waals surface area contributed by atoms with Gasteiger partial charge in [-0.2, -0.15) is 0 Å². The SMILES string of the molecule is C[C@@H]1C[C@H](N)C[C@H](c2ccncc2CC(=O)c2cccc(-c3c(F)cc(O)cc3F)n2)C1. The van der Waals surface area contributed by atoms with Gasteiger partial charge in [-0.25, -0.2) is 13.8 Å². The molecule has 0 unspecified atom stereocenters. The topological polar surface area (TPSA) is 89.1 Å². The minimum atomic E-state index is -0.947. The highest BCUT2D eigenvalue weighted by molar-refractivity contribution is 5.96. The van der Waals surface area contributed by atoms with Gasteiger partial charge in [0.2, 0.25) is 0 Å².